The number of carboxylic acid groups (broad SMARTS) is 1. The Morgan fingerprint density at radius 1 is 0.746 bits per heavy atom. The molecule has 71 heavy (non-hydrogen) atoms. The number of methoxy groups -OCH3 is 2. The van der Waals surface area contributed by atoms with Crippen molar-refractivity contribution in [2.24, 2.45) is 0 Å². The number of fused-ring (bicyclic) bond motifs is 2. The number of hydrogen-bond acceptors (Lipinski definition) is 15. The number of allylic oxidation sites excluding steroid dienone is 3. The first-order valence-corrected chi connectivity index (χ1v) is 26.9. The van der Waals surface area contributed by atoms with Gasteiger partial charge in [-0.25, -0.2) is 4.58 Å². The molecular weight excluding hydrogens is 965 g/mol. The number of aliphatic carboxylic acids is 1. The van der Waals surface area contributed by atoms with Gasteiger partial charge < -0.3 is 52.3 Å². The number of ether oxygens (including phenoxy) is 8. The summed E-state index contributed by atoms with van der Waals surface area (Å²) in [5, 5.41) is 10.4. The van der Waals surface area contributed by atoms with E-state index in [0.717, 1.165) is 16.5 Å². The number of carboxylic acids is 1. The van der Waals surface area contributed by atoms with Gasteiger partial charge in [-0.15, -0.1) is 0 Å². The van der Waals surface area contributed by atoms with Crippen molar-refractivity contribution in [3.05, 3.63) is 82.6 Å². The third-order valence-corrected chi connectivity index (χ3v) is 13.3. The summed E-state index contributed by atoms with van der Waals surface area (Å²) in [5.74, 6) is -0.357. The highest BCUT2D eigenvalue weighted by Crippen LogP contribution is 2.51. The SMILES string of the molecule is COCCOCCOCCOCC[N+](CCOCCOCCOCCOC)=c1ccc2c(C(C)(C)C)cc(/C=C/C=C3/N(CCCS(=O)(=O)O)c4ccc(S(=O)(=O)O)cc4C3(C)CCCC(=O)O)oc-2c1. The summed E-state index contributed by atoms with van der Waals surface area (Å²) in [6, 6.07) is 12.3. The summed E-state index contributed by atoms with van der Waals surface area (Å²) in [6.07, 6.45) is 5.79. The van der Waals surface area contributed by atoms with Gasteiger partial charge in [-0.1, -0.05) is 26.8 Å². The molecule has 0 aromatic heterocycles. The van der Waals surface area contributed by atoms with Crippen molar-refractivity contribution in [3.8, 4) is 11.3 Å². The van der Waals surface area contributed by atoms with E-state index in [-0.39, 0.29) is 42.5 Å². The Morgan fingerprint density at radius 3 is 1.80 bits per heavy atom. The van der Waals surface area contributed by atoms with Crippen LogP contribution in [0.2, 0.25) is 0 Å². The van der Waals surface area contributed by atoms with Crippen LogP contribution in [-0.4, -0.2) is 169 Å². The van der Waals surface area contributed by atoms with Crippen molar-refractivity contribution in [2.45, 2.75) is 69.1 Å². The van der Waals surface area contributed by atoms with Crippen LogP contribution in [-0.2, 0) is 73.8 Å². The molecule has 0 fully saturated rings. The van der Waals surface area contributed by atoms with Gasteiger partial charge in [0.05, 0.1) is 96.0 Å². The van der Waals surface area contributed by atoms with E-state index >= 15 is 0 Å². The predicted molar refractivity (Wildman–Crippen MR) is 268 cm³/mol. The summed E-state index contributed by atoms with van der Waals surface area (Å²) in [4.78, 5) is 13.2. The van der Waals surface area contributed by atoms with Crippen LogP contribution in [0.5, 0.6) is 0 Å². The van der Waals surface area contributed by atoms with Gasteiger partial charge in [-0.05, 0) is 85.2 Å². The third kappa shape index (κ3) is 20.0. The quantitative estimate of drug-likeness (QED) is 0.0385. The molecule has 4 rings (SSSR count). The predicted octanol–water partition coefficient (Wildman–Crippen LogP) is 5.30. The molecule has 19 nitrogen and oxygen atoms in total. The molecule has 1 atom stereocenters. The van der Waals surface area contributed by atoms with Gasteiger partial charge in [0, 0.05) is 55.6 Å². The molecule has 2 aliphatic heterocycles. The molecule has 0 radical (unpaired) electrons. The van der Waals surface area contributed by atoms with Gasteiger partial charge >= 0.3 is 5.97 Å². The van der Waals surface area contributed by atoms with Gasteiger partial charge in [0.25, 0.3) is 20.2 Å². The van der Waals surface area contributed by atoms with Crippen molar-refractivity contribution in [1.82, 2.24) is 4.58 Å². The van der Waals surface area contributed by atoms with Gasteiger partial charge in [0.2, 0.25) is 5.36 Å². The van der Waals surface area contributed by atoms with E-state index in [4.69, 9.17) is 42.3 Å². The van der Waals surface area contributed by atoms with Crippen LogP contribution >= 0.6 is 0 Å². The first kappa shape index (κ1) is 59.5. The van der Waals surface area contributed by atoms with Gasteiger partial charge in [0.1, 0.15) is 24.7 Å². The molecular formula is C50H75N2O17S2+. The summed E-state index contributed by atoms with van der Waals surface area (Å²) < 4.78 is 121. The Morgan fingerprint density at radius 2 is 1.30 bits per heavy atom. The smallest absolute Gasteiger partial charge is 0.303 e. The second-order valence-corrected chi connectivity index (χ2v) is 21.1. The van der Waals surface area contributed by atoms with Crippen LogP contribution in [0.1, 0.15) is 70.3 Å². The Hall–Kier alpha value is -4.10. The van der Waals surface area contributed by atoms with E-state index in [1.807, 2.05) is 36.1 Å². The van der Waals surface area contributed by atoms with Crippen molar-refractivity contribution in [3.63, 3.8) is 0 Å². The third-order valence-electron chi connectivity index (χ3n) is 11.7. The van der Waals surface area contributed by atoms with Gasteiger partial charge in [-0.3, -0.25) is 13.9 Å². The van der Waals surface area contributed by atoms with Crippen molar-refractivity contribution in [1.29, 1.82) is 0 Å². The van der Waals surface area contributed by atoms with Crippen LogP contribution in [0, 0.1) is 0 Å². The minimum absolute atomic E-state index is 0.0255. The summed E-state index contributed by atoms with van der Waals surface area (Å²) in [5.41, 5.74) is 2.38. The van der Waals surface area contributed by atoms with Crippen molar-refractivity contribution in [2.75, 3.05) is 137 Å². The fraction of sp³-hybridized carbons (Fsp3) is 0.600. The highest BCUT2D eigenvalue weighted by molar-refractivity contribution is 7.86. The second kappa shape index (κ2) is 29.6. The zero-order valence-corrected chi connectivity index (χ0v) is 43.7. The molecule has 1 aromatic carbocycles. The zero-order chi connectivity index (χ0) is 51.9. The molecule has 1 aromatic rings. The summed E-state index contributed by atoms with van der Waals surface area (Å²) >= 11 is 0. The van der Waals surface area contributed by atoms with E-state index < -0.39 is 37.4 Å². The lowest BCUT2D eigenvalue weighted by molar-refractivity contribution is -0.137. The topological polar surface area (TPSA) is 239 Å². The van der Waals surface area contributed by atoms with Gasteiger partial charge in [-0.2, -0.15) is 16.8 Å². The maximum absolute atomic E-state index is 12.3. The lowest BCUT2D eigenvalue weighted by atomic mass is 9.77. The van der Waals surface area contributed by atoms with E-state index in [1.165, 1.54) is 18.2 Å². The average Bonchev–Trinajstić information content (AvgIpc) is 3.53. The first-order valence-electron chi connectivity index (χ1n) is 23.8. The molecule has 3 N–H and O–H groups in total. The van der Waals surface area contributed by atoms with Crippen LogP contribution in [0.25, 0.3) is 17.4 Å². The number of hydrogen-bond donors (Lipinski definition) is 3. The molecule has 0 saturated heterocycles. The highest BCUT2D eigenvalue weighted by Gasteiger charge is 2.43. The molecule has 1 unspecified atom stereocenters. The van der Waals surface area contributed by atoms with Crippen molar-refractivity contribution < 1.29 is 78.2 Å². The van der Waals surface area contributed by atoms with Crippen molar-refractivity contribution >= 4 is 38.0 Å². The Bertz CT molecular complexity index is 2420. The second-order valence-electron chi connectivity index (χ2n) is 18.1. The fourth-order valence-corrected chi connectivity index (χ4v) is 9.11. The van der Waals surface area contributed by atoms with Crippen LogP contribution in [0.15, 0.2) is 69.6 Å². The average molecular weight is 1040 g/mol. The Kier molecular flexibility index (Phi) is 24.8. The molecule has 0 bridgehead atoms. The fourth-order valence-electron chi connectivity index (χ4n) is 8.11. The molecule has 0 saturated carbocycles. The molecule has 2 heterocycles. The van der Waals surface area contributed by atoms with Crippen LogP contribution in [0.4, 0.5) is 5.69 Å². The zero-order valence-electron chi connectivity index (χ0n) is 42.1. The monoisotopic (exact) mass is 1040 g/mol. The number of carbonyl (C=O) groups is 1. The number of nitrogens with zero attached hydrogens (tertiary/aromatic N) is 2. The standard InChI is InChI=1S/C50H74N2O17S2/c1-49(2,3)43-37-40(10-7-11-47-50(4,17-8-12-48(53)54)44-38-41(71(58,59)60)14-16-45(44)52(47)18-9-35-70(55,56)57)69-46-36-39(13-15-42(43)46)51(19-21-63-27-29-67-33-31-65-25-23-61-5)20-22-64-28-30-68-34-32-66-26-24-62-6/h7,10-11,13-16,36-38H,8-9,12,17-35H2,1-6H3,(H2-,53,54,55,56,57,58,59,60)/p+1. The maximum Gasteiger partial charge on any atom is 0.303 e. The normalized spacial score (nSPS) is 15.9. The lowest BCUT2D eigenvalue weighted by Gasteiger charge is -2.30. The Balaban J connectivity index is 1.68. The van der Waals surface area contributed by atoms with E-state index in [2.05, 4.69) is 31.4 Å². The number of rotatable bonds is 35. The van der Waals surface area contributed by atoms with E-state index in [0.29, 0.717) is 134 Å². The molecule has 0 amide bonds. The van der Waals surface area contributed by atoms with E-state index in [9.17, 15) is 35.8 Å². The molecule has 398 valence electrons. The molecule has 21 heteroatoms. The Labute approximate surface area is 419 Å². The maximum atomic E-state index is 12.3. The van der Waals surface area contributed by atoms with E-state index in [1.54, 1.807) is 26.4 Å². The minimum atomic E-state index is -4.61. The molecule has 3 aliphatic rings. The lowest BCUT2D eigenvalue weighted by Crippen LogP contribution is -2.36. The largest absolute Gasteiger partial charge is 0.481 e. The van der Waals surface area contributed by atoms with Gasteiger partial charge in [0.15, 0.2) is 13.1 Å². The summed E-state index contributed by atoms with van der Waals surface area (Å²) in [6.45, 7) is 15.8. The number of anilines is 1. The minimum Gasteiger partial charge on any atom is -0.481 e. The highest BCUT2D eigenvalue weighted by atomic mass is 32.2. The van der Waals surface area contributed by atoms with Crippen LogP contribution < -0.4 is 14.8 Å². The number of benzene rings is 2. The summed E-state index contributed by atoms with van der Waals surface area (Å²) in [7, 11) is -5.66. The first-order chi connectivity index (χ1) is 33.8. The molecule has 1 aliphatic carbocycles. The molecule has 0 spiro atoms. The van der Waals surface area contributed by atoms with Crippen LogP contribution in [0.3, 0.4) is 0 Å².